The van der Waals surface area contributed by atoms with E-state index in [1.54, 1.807) is 0 Å². The van der Waals surface area contributed by atoms with Crippen molar-refractivity contribution in [3.05, 3.63) is 0 Å². The van der Waals surface area contributed by atoms with Gasteiger partial charge in [-0.2, -0.15) is 0 Å². The van der Waals surface area contributed by atoms with E-state index in [1.807, 2.05) is 27.7 Å². The molecule has 0 radical (unpaired) electrons. The molecule has 0 aliphatic rings. The SMILES string of the molecule is CCCCCCCCCCCCCCCCCC(=O)OC(C)[Si](OCC)(OCC)OCC. The van der Waals surface area contributed by atoms with Gasteiger partial charge >= 0.3 is 14.8 Å². The number of hydrogen-bond donors (Lipinski definition) is 0. The summed E-state index contributed by atoms with van der Waals surface area (Å²) in [7, 11) is -2.99. The second-order valence-corrected chi connectivity index (χ2v) is 11.6. The minimum Gasteiger partial charge on any atom is -0.458 e. The van der Waals surface area contributed by atoms with E-state index in [9.17, 15) is 4.79 Å². The van der Waals surface area contributed by atoms with Crippen LogP contribution in [-0.2, 0) is 22.8 Å². The van der Waals surface area contributed by atoms with E-state index >= 15 is 0 Å². The van der Waals surface area contributed by atoms with Crippen LogP contribution in [0, 0.1) is 0 Å². The molecule has 0 rings (SSSR count). The number of hydrogen-bond acceptors (Lipinski definition) is 5. The summed E-state index contributed by atoms with van der Waals surface area (Å²) in [5, 5.41) is 0. The zero-order valence-corrected chi connectivity index (χ0v) is 23.1. The topological polar surface area (TPSA) is 54.0 Å². The molecule has 0 aliphatic carbocycles. The third-order valence-corrected chi connectivity index (χ3v) is 9.01. The van der Waals surface area contributed by atoms with Crippen molar-refractivity contribution in [1.82, 2.24) is 0 Å². The van der Waals surface area contributed by atoms with Gasteiger partial charge < -0.3 is 18.0 Å². The lowest BCUT2D eigenvalue weighted by atomic mass is 10.0. The molecule has 5 nitrogen and oxygen atoms in total. The Labute approximate surface area is 200 Å². The first kappa shape index (κ1) is 31.6. The Morgan fingerprint density at radius 1 is 0.594 bits per heavy atom. The van der Waals surface area contributed by atoms with Crippen LogP contribution in [0.25, 0.3) is 0 Å². The van der Waals surface area contributed by atoms with Crippen LogP contribution in [0.4, 0.5) is 0 Å². The average molecular weight is 475 g/mol. The molecule has 0 N–H and O–H groups in total. The lowest BCUT2D eigenvalue weighted by Gasteiger charge is -2.32. The summed E-state index contributed by atoms with van der Waals surface area (Å²) < 4.78 is 23.1. The van der Waals surface area contributed by atoms with Crippen molar-refractivity contribution >= 4 is 14.8 Å². The molecule has 192 valence electrons. The lowest BCUT2D eigenvalue weighted by molar-refractivity contribution is -0.148. The standard InChI is InChI=1S/C26H54O5Si/c1-6-10-11-12-13-14-15-16-17-18-19-20-21-22-23-24-26(27)31-25(5)32(28-7-2,29-8-3)30-9-4/h25H,6-24H2,1-5H3. The minimum absolute atomic E-state index is 0.178. The van der Waals surface area contributed by atoms with E-state index in [-0.39, 0.29) is 5.97 Å². The maximum atomic E-state index is 12.3. The normalized spacial score (nSPS) is 12.8. The molecule has 1 unspecified atom stereocenters. The maximum Gasteiger partial charge on any atom is 0.543 e. The summed E-state index contributed by atoms with van der Waals surface area (Å²) in [5.41, 5.74) is -0.480. The number of esters is 1. The van der Waals surface area contributed by atoms with Crippen molar-refractivity contribution in [2.45, 2.75) is 143 Å². The van der Waals surface area contributed by atoms with Crippen molar-refractivity contribution in [3.8, 4) is 0 Å². The smallest absolute Gasteiger partial charge is 0.458 e. The predicted octanol–water partition coefficient (Wildman–Crippen LogP) is 7.77. The number of carbonyl (C=O) groups excluding carboxylic acids is 1. The van der Waals surface area contributed by atoms with Gasteiger partial charge in [-0.3, -0.25) is 4.79 Å². The van der Waals surface area contributed by atoms with Gasteiger partial charge in [-0.25, -0.2) is 0 Å². The van der Waals surface area contributed by atoms with Crippen molar-refractivity contribution in [3.63, 3.8) is 0 Å². The van der Waals surface area contributed by atoms with Crippen LogP contribution in [-0.4, -0.2) is 40.3 Å². The molecular formula is C26H54O5Si. The number of rotatable bonds is 24. The van der Waals surface area contributed by atoms with E-state index < -0.39 is 14.5 Å². The third-order valence-electron chi connectivity index (χ3n) is 5.83. The second kappa shape index (κ2) is 22.4. The highest BCUT2D eigenvalue weighted by molar-refractivity contribution is 6.62. The van der Waals surface area contributed by atoms with E-state index in [4.69, 9.17) is 18.0 Å². The first-order valence-corrected chi connectivity index (χ1v) is 15.5. The molecule has 0 heterocycles. The number of carbonyl (C=O) groups is 1. The fraction of sp³-hybridized carbons (Fsp3) is 0.962. The summed E-state index contributed by atoms with van der Waals surface area (Å²) in [5.74, 6) is -0.178. The zero-order valence-electron chi connectivity index (χ0n) is 22.1. The van der Waals surface area contributed by atoms with Gasteiger partial charge in [-0.05, 0) is 34.1 Å². The Kier molecular flexibility index (Phi) is 22.1. The van der Waals surface area contributed by atoms with Gasteiger partial charge in [-0.1, -0.05) is 96.8 Å². The fourth-order valence-corrected chi connectivity index (χ4v) is 6.49. The maximum absolute atomic E-state index is 12.3. The Morgan fingerprint density at radius 2 is 0.938 bits per heavy atom. The monoisotopic (exact) mass is 474 g/mol. The molecule has 0 aromatic heterocycles. The summed E-state index contributed by atoms with van der Waals surface area (Å²) in [6.07, 6.45) is 20.2. The highest BCUT2D eigenvalue weighted by Crippen LogP contribution is 2.19. The number of ether oxygens (including phenoxy) is 1. The highest BCUT2D eigenvalue weighted by Gasteiger charge is 2.49. The molecule has 6 heteroatoms. The van der Waals surface area contributed by atoms with E-state index in [0.29, 0.717) is 26.2 Å². The van der Waals surface area contributed by atoms with Gasteiger partial charge in [0.2, 0.25) is 0 Å². The first-order chi connectivity index (χ1) is 15.6. The van der Waals surface area contributed by atoms with Crippen molar-refractivity contribution in [2.75, 3.05) is 19.8 Å². The van der Waals surface area contributed by atoms with Crippen LogP contribution >= 0.6 is 0 Å². The van der Waals surface area contributed by atoms with Crippen LogP contribution in [0.15, 0.2) is 0 Å². The van der Waals surface area contributed by atoms with Gasteiger partial charge in [0.25, 0.3) is 0 Å². The molecule has 0 aliphatic heterocycles. The Morgan fingerprint density at radius 3 is 1.28 bits per heavy atom. The average Bonchev–Trinajstić information content (AvgIpc) is 2.76. The summed E-state index contributed by atoms with van der Waals surface area (Å²) in [6.45, 7) is 11.3. The van der Waals surface area contributed by atoms with Crippen LogP contribution < -0.4 is 0 Å². The van der Waals surface area contributed by atoms with E-state index in [2.05, 4.69) is 6.92 Å². The van der Waals surface area contributed by atoms with Gasteiger partial charge in [0, 0.05) is 26.2 Å². The molecule has 0 fully saturated rings. The van der Waals surface area contributed by atoms with Crippen LogP contribution in [0.5, 0.6) is 0 Å². The van der Waals surface area contributed by atoms with Crippen molar-refractivity contribution in [1.29, 1.82) is 0 Å². The summed E-state index contributed by atoms with van der Waals surface area (Å²) in [6, 6.07) is 0. The van der Waals surface area contributed by atoms with Crippen molar-refractivity contribution < 1.29 is 22.8 Å². The Balaban J connectivity index is 3.74. The molecule has 0 saturated carbocycles. The van der Waals surface area contributed by atoms with Crippen LogP contribution in [0.1, 0.15) is 137 Å². The second-order valence-electron chi connectivity index (χ2n) is 8.73. The number of unbranched alkanes of at least 4 members (excludes halogenated alkanes) is 14. The molecule has 0 bridgehead atoms. The van der Waals surface area contributed by atoms with E-state index in [1.165, 1.54) is 83.5 Å². The lowest BCUT2D eigenvalue weighted by Crippen LogP contribution is -2.57. The van der Waals surface area contributed by atoms with Crippen molar-refractivity contribution in [2.24, 2.45) is 0 Å². The van der Waals surface area contributed by atoms with Gasteiger partial charge in [-0.15, -0.1) is 0 Å². The highest BCUT2D eigenvalue weighted by atomic mass is 28.4. The fourth-order valence-electron chi connectivity index (χ4n) is 4.05. The predicted molar refractivity (Wildman–Crippen MR) is 136 cm³/mol. The van der Waals surface area contributed by atoms with Gasteiger partial charge in [0.05, 0.1) is 0 Å². The Hall–Kier alpha value is -0.433. The molecular weight excluding hydrogens is 420 g/mol. The van der Waals surface area contributed by atoms with Crippen LogP contribution in [0.3, 0.4) is 0 Å². The summed E-state index contributed by atoms with van der Waals surface area (Å²) in [4.78, 5) is 12.3. The minimum atomic E-state index is -2.99. The summed E-state index contributed by atoms with van der Waals surface area (Å²) >= 11 is 0. The molecule has 0 spiro atoms. The largest absolute Gasteiger partial charge is 0.543 e. The van der Waals surface area contributed by atoms with Gasteiger partial charge in [0.1, 0.15) is 0 Å². The molecule has 32 heavy (non-hydrogen) atoms. The zero-order chi connectivity index (χ0) is 23.9. The molecule has 1 atom stereocenters. The molecule has 0 aromatic rings. The Bertz CT molecular complexity index is 402. The van der Waals surface area contributed by atoms with Crippen LogP contribution in [0.2, 0.25) is 0 Å². The molecule has 0 aromatic carbocycles. The molecule has 0 saturated heterocycles. The molecule has 0 amide bonds. The van der Waals surface area contributed by atoms with Gasteiger partial charge in [0.15, 0.2) is 5.73 Å². The quantitative estimate of drug-likeness (QED) is 0.0812. The first-order valence-electron chi connectivity index (χ1n) is 13.7. The third kappa shape index (κ3) is 16.2. The van der Waals surface area contributed by atoms with E-state index in [0.717, 1.165) is 12.8 Å².